The number of aromatic hydroxyl groups is 1. The number of aromatic carboxylic acids is 1. The van der Waals surface area contributed by atoms with Crippen LogP contribution in [0.1, 0.15) is 77.1 Å². The summed E-state index contributed by atoms with van der Waals surface area (Å²) in [5, 5.41) is 36.2. The molecule has 2 aliphatic rings. The van der Waals surface area contributed by atoms with Crippen LogP contribution in [0.4, 0.5) is 0 Å². The molecular weight excluding hydrogens is 700 g/mol. The molecule has 50 heavy (non-hydrogen) atoms. The summed E-state index contributed by atoms with van der Waals surface area (Å²) in [5.74, 6) is -0.972. The Balaban J connectivity index is 0.000000288. The van der Waals surface area contributed by atoms with Gasteiger partial charge in [-0.15, -0.1) is 0 Å². The molecule has 6 rings (SSSR count). The quantitative estimate of drug-likeness (QED) is 0.0895. The number of phenols is 1. The number of carbonyl (C=O) groups excluding carboxylic acids is 1. The first-order valence-corrected chi connectivity index (χ1v) is 17.9. The fraction of sp³-hybridized carbons (Fsp3) is 0.385. The lowest BCUT2D eigenvalue weighted by Gasteiger charge is -2.49. The van der Waals surface area contributed by atoms with E-state index >= 15 is 0 Å². The molecule has 2 fully saturated rings. The third-order valence-corrected chi connectivity index (χ3v) is 10.6. The summed E-state index contributed by atoms with van der Waals surface area (Å²) >= 11 is 3.52. The summed E-state index contributed by atoms with van der Waals surface area (Å²) in [6, 6.07) is 20.2. The molecule has 0 bridgehead atoms. The van der Waals surface area contributed by atoms with Crippen LogP contribution in [0.2, 0.25) is 0 Å². The molecule has 1 aromatic heterocycles. The Morgan fingerprint density at radius 1 is 0.980 bits per heavy atom. The standard InChI is InChI=1S/C28H37BrN4O3.C11H8O3/c1-5-36-30-26(22-6-8-24(29)9-7-22)23-11-15-32(16-12-23)28(4)13-18-31(19-14-28)27(34)25-20(2)10-17-33(35)21(25)3;12-9-6-5-7-3-1-2-4-8(7)10(9)11(13)14/h6-10,17,23H,5,11-16,18-19H2,1-4H3;1-6,12H,(H,13,14)/b30-26-;. The number of benzene rings is 3. The largest absolute Gasteiger partial charge is 0.618 e. The second-order valence-corrected chi connectivity index (χ2v) is 14.1. The van der Waals surface area contributed by atoms with Crippen molar-refractivity contribution in [3.63, 3.8) is 0 Å². The van der Waals surface area contributed by atoms with Crippen molar-refractivity contribution in [3.05, 3.63) is 111 Å². The van der Waals surface area contributed by atoms with Crippen molar-refractivity contribution in [1.82, 2.24) is 9.80 Å². The zero-order valence-electron chi connectivity index (χ0n) is 29.1. The van der Waals surface area contributed by atoms with E-state index in [1.165, 1.54) is 12.3 Å². The van der Waals surface area contributed by atoms with Crippen LogP contribution in [0.25, 0.3) is 10.8 Å². The average molecular weight is 746 g/mol. The molecule has 3 heterocycles. The second-order valence-electron chi connectivity index (χ2n) is 13.2. The SMILES string of the molecule is CCO/N=C(/c1ccc(Br)cc1)C1CCN(C2(C)CCN(C(=O)c3c(C)cc[n+]([O-])c3C)CC2)CC1.O=C(O)c1c(O)ccc2ccccc12. The lowest BCUT2D eigenvalue weighted by atomic mass is 9.82. The predicted molar refractivity (Wildman–Crippen MR) is 198 cm³/mol. The van der Waals surface area contributed by atoms with Crippen LogP contribution in [0.3, 0.4) is 0 Å². The molecule has 11 heteroatoms. The maximum atomic E-state index is 13.3. The molecular formula is C39H45BrN4O6. The Morgan fingerprint density at radius 3 is 2.28 bits per heavy atom. The summed E-state index contributed by atoms with van der Waals surface area (Å²) in [6.45, 7) is 11.9. The molecule has 0 saturated carbocycles. The fourth-order valence-corrected chi connectivity index (χ4v) is 7.32. The minimum Gasteiger partial charge on any atom is -0.618 e. The normalized spacial score (nSPS) is 16.8. The highest BCUT2D eigenvalue weighted by molar-refractivity contribution is 9.10. The summed E-state index contributed by atoms with van der Waals surface area (Å²) in [4.78, 5) is 34.2. The van der Waals surface area contributed by atoms with Gasteiger partial charge in [0.1, 0.15) is 23.5 Å². The zero-order chi connectivity index (χ0) is 36.0. The van der Waals surface area contributed by atoms with E-state index in [2.05, 4.69) is 57.2 Å². The number of oxime groups is 1. The van der Waals surface area contributed by atoms with Gasteiger partial charge >= 0.3 is 5.97 Å². The number of piperidine rings is 2. The highest BCUT2D eigenvalue weighted by Gasteiger charge is 2.40. The number of pyridine rings is 1. The molecule has 264 valence electrons. The minimum atomic E-state index is -1.11. The number of carboxylic acids is 1. The molecule has 0 unspecified atom stereocenters. The van der Waals surface area contributed by atoms with Gasteiger partial charge in [-0.2, -0.15) is 4.73 Å². The highest BCUT2D eigenvalue weighted by atomic mass is 79.9. The fourth-order valence-electron chi connectivity index (χ4n) is 7.05. The van der Waals surface area contributed by atoms with Gasteiger partial charge in [-0.05, 0) is 99.6 Å². The van der Waals surface area contributed by atoms with E-state index in [9.17, 15) is 19.9 Å². The Kier molecular flexibility index (Phi) is 11.8. The molecule has 4 aromatic rings. The molecule has 0 radical (unpaired) electrons. The van der Waals surface area contributed by atoms with Gasteiger partial charge in [0.2, 0.25) is 5.69 Å². The first kappa shape index (κ1) is 36.8. The minimum absolute atomic E-state index is 0.0257. The van der Waals surface area contributed by atoms with Crippen LogP contribution in [0.15, 0.2) is 82.6 Å². The van der Waals surface area contributed by atoms with Crippen molar-refractivity contribution in [2.45, 2.75) is 58.9 Å². The molecule has 1 amide bonds. The van der Waals surface area contributed by atoms with Crippen LogP contribution in [-0.4, -0.2) is 75.9 Å². The van der Waals surface area contributed by atoms with E-state index < -0.39 is 5.97 Å². The molecule has 0 spiro atoms. The van der Waals surface area contributed by atoms with Crippen molar-refractivity contribution in [3.8, 4) is 5.75 Å². The lowest BCUT2D eigenvalue weighted by Crippen LogP contribution is -2.57. The number of hydrogen-bond donors (Lipinski definition) is 2. The van der Waals surface area contributed by atoms with Gasteiger partial charge in [-0.1, -0.05) is 63.6 Å². The molecule has 2 N–H and O–H groups in total. The third kappa shape index (κ3) is 8.11. The Hall–Kier alpha value is -4.48. The first-order valence-electron chi connectivity index (χ1n) is 17.1. The number of carbonyl (C=O) groups is 2. The number of hydrogen-bond acceptors (Lipinski definition) is 7. The second kappa shape index (κ2) is 16.0. The first-order chi connectivity index (χ1) is 23.9. The Labute approximate surface area is 301 Å². The van der Waals surface area contributed by atoms with Crippen molar-refractivity contribution in [2.24, 2.45) is 11.1 Å². The molecule has 0 aliphatic carbocycles. The average Bonchev–Trinajstić information content (AvgIpc) is 3.11. The van der Waals surface area contributed by atoms with Crippen LogP contribution in [0.5, 0.6) is 5.75 Å². The van der Waals surface area contributed by atoms with E-state index in [0.717, 1.165) is 70.2 Å². The number of likely N-dealkylation sites (tertiary alicyclic amines) is 2. The lowest BCUT2D eigenvalue weighted by molar-refractivity contribution is -0.612. The molecule has 2 aliphatic heterocycles. The number of carboxylic acid groups (broad SMARTS) is 1. The topological polar surface area (TPSA) is 130 Å². The predicted octanol–water partition coefficient (Wildman–Crippen LogP) is 7.09. The van der Waals surface area contributed by atoms with Crippen molar-refractivity contribution >= 4 is 44.3 Å². The molecule has 0 atom stereocenters. The van der Waals surface area contributed by atoms with E-state index in [0.29, 0.717) is 42.3 Å². The van der Waals surface area contributed by atoms with Crippen LogP contribution in [-0.2, 0) is 4.84 Å². The zero-order valence-corrected chi connectivity index (χ0v) is 30.6. The summed E-state index contributed by atoms with van der Waals surface area (Å²) in [5.41, 5.74) is 4.07. The number of nitrogens with zero attached hydrogens (tertiary/aromatic N) is 4. The maximum Gasteiger partial charge on any atom is 0.340 e. The van der Waals surface area contributed by atoms with Gasteiger partial charge in [-0.3, -0.25) is 9.69 Å². The van der Waals surface area contributed by atoms with E-state index in [-0.39, 0.29) is 22.8 Å². The van der Waals surface area contributed by atoms with Gasteiger partial charge < -0.3 is 25.2 Å². The van der Waals surface area contributed by atoms with Crippen LogP contribution >= 0.6 is 15.9 Å². The van der Waals surface area contributed by atoms with Crippen LogP contribution in [0, 0.1) is 25.0 Å². The van der Waals surface area contributed by atoms with Gasteiger partial charge in [0.15, 0.2) is 6.20 Å². The smallest absolute Gasteiger partial charge is 0.340 e. The molecule has 10 nitrogen and oxygen atoms in total. The number of amides is 1. The monoisotopic (exact) mass is 744 g/mol. The Morgan fingerprint density at radius 2 is 1.64 bits per heavy atom. The van der Waals surface area contributed by atoms with E-state index in [1.807, 2.05) is 24.8 Å². The molecule has 2 saturated heterocycles. The summed E-state index contributed by atoms with van der Waals surface area (Å²) in [6.07, 6.45) is 5.40. The van der Waals surface area contributed by atoms with Gasteiger partial charge in [0.25, 0.3) is 5.91 Å². The number of halogens is 1. The third-order valence-electron chi connectivity index (χ3n) is 10.1. The Bertz CT molecular complexity index is 1860. The summed E-state index contributed by atoms with van der Waals surface area (Å²) < 4.78 is 1.84. The van der Waals surface area contributed by atoms with Gasteiger partial charge in [0, 0.05) is 42.0 Å². The van der Waals surface area contributed by atoms with Crippen molar-refractivity contribution in [2.75, 3.05) is 32.8 Å². The van der Waals surface area contributed by atoms with Crippen molar-refractivity contribution < 1.29 is 29.4 Å². The van der Waals surface area contributed by atoms with Crippen molar-refractivity contribution in [1.29, 1.82) is 0 Å². The number of fused-ring (bicyclic) bond motifs is 1. The number of rotatable bonds is 7. The van der Waals surface area contributed by atoms with E-state index in [4.69, 9.17) is 9.94 Å². The van der Waals surface area contributed by atoms with Gasteiger partial charge in [0.05, 0.1) is 5.71 Å². The maximum absolute atomic E-state index is 13.3. The number of aryl methyl sites for hydroxylation is 1. The molecule has 3 aromatic carbocycles. The number of aromatic nitrogens is 1. The highest BCUT2D eigenvalue weighted by Crippen LogP contribution is 2.34. The van der Waals surface area contributed by atoms with Crippen LogP contribution < -0.4 is 4.73 Å². The van der Waals surface area contributed by atoms with E-state index in [1.54, 1.807) is 37.3 Å². The van der Waals surface area contributed by atoms with Gasteiger partial charge in [-0.25, -0.2) is 4.79 Å². The summed E-state index contributed by atoms with van der Waals surface area (Å²) in [7, 11) is 0.